The predicted octanol–water partition coefficient (Wildman–Crippen LogP) is 1.93. The maximum atomic E-state index is 14.0. The van der Waals surface area contributed by atoms with Gasteiger partial charge in [-0.1, -0.05) is 18.2 Å². The predicted molar refractivity (Wildman–Crippen MR) is 79.1 cm³/mol. The van der Waals surface area contributed by atoms with E-state index in [2.05, 4.69) is 5.32 Å². The van der Waals surface area contributed by atoms with E-state index < -0.39 is 11.0 Å². The Bertz CT molecular complexity index is 527. The van der Waals surface area contributed by atoms with E-state index in [1.165, 1.54) is 6.07 Å². The Morgan fingerprint density at radius 3 is 2.76 bits per heavy atom. The summed E-state index contributed by atoms with van der Waals surface area (Å²) >= 11 is 0. The van der Waals surface area contributed by atoms with Gasteiger partial charge >= 0.3 is 5.97 Å². The summed E-state index contributed by atoms with van der Waals surface area (Å²) in [6.07, 6.45) is 0.603. The molecule has 4 nitrogen and oxygen atoms in total. The first-order valence-corrected chi connectivity index (χ1v) is 7.19. The number of hydrogen-bond donors (Lipinski definition) is 2. The molecule has 1 saturated heterocycles. The lowest BCUT2D eigenvalue weighted by atomic mass is 9.84. The molecular weight excluding hydrogens is 271 g/mol. The Balaban J connectivity index is 2.13. The largest absolute Gasteiger partial charge is 0.464 e. The van der Waals surface area contributed by atoms with Crippen molar-refractivity contribution < 1.29 is 13.9 Å². The molecule has 2 rings (SSSR count). The van der Waals surface area contributed by atoms with Crippen molar-refractivity contribution in [3.05, 3.63) is 35.6 Å². The van der Waals surface area contributed by atoms with Gasteiger partial charge in [0, 0.05) is 5.56 Å². The Morgan fingerprint density at radius 1 is 1.48 bits per heavy atom. The van der Waals surface area contributed by atoms with Gasteiger partial charge in [0.15, 0.2) is 0 Å². The van der Waals surface area contributed by atoms with E-state index >= 15 is 0 Å². The minimum Gasteiger partial charge on any atom is -0.464 e. The molecule has 0 radical (unpaired) electrons. The molecule has 0 amide bonds. The monoisotopic (exact) mass is 294 g/mol. The summed E-state index contributed by atoms with van der Waals surface area (Å²) in [5, 5.41) is 3.21. The summed E-state index contributed by atoms with van der Waals surface area (Å²) in [5.41, 5.74) is 5.47. The third-order valence-corrected chi connectivity index (χ3v) is 3.92. The van der Waals surface area contributed by atoms with Crippen molar-refractivity contribution in [1.29, 1.82) is 0 Å². The highest BCUT2D eigenvalue weighted by Crippen LogP contribution is 2.32. The Hall–Kier alpha value is -1.46. The van der Waals surface area contributed by atoms with Crippen molar-refractivity contribution in [3.8, 4) is 0 Å². The number of nitrogens with one attached hydrogen (secondary N) is 1. The van der Waals surface area contributed by atoms with Gasteiger partial charge in [0.1, 0.15) is 12.4 Å². The van der Waals surface area contributed by atoms with Gasteiger partial charge in [-0.25, -0.2) is 4.39 Å². The fraction of sp³-hybridized carbons (Fsp3) is 0.562. The van der Waals surface area contributed by atoms with Crippen molar-refractivity contribution in [2.75, 3.05) is 13.2 Å². The molecule has 1 aliphatic rings. The van der Waals surface area contributed by atoms with Crippen molar-refractivity contribution in [2.24, 2.45) is 11.1 Å². The zero-order valence-corrected chi connectivity index (χ0v) is 12.8. The summed E-state index contributed by atoms with van der Waals surface area (Å²) in [4.78, 5) is 11.9. The summed E-state index contributed by atoms with van der Waals surface area (Å²) in [5.74, 6) is -0.608. The van der Waals surface area contributed by atoms with Crippen LogP contribution in [0.3, 0.4) is 0 Å². The number of carbonyl (C=O) groups excluding carboxylic acids is 1. The van der Waals surface area contributed by atoms with Gasteiger partial charge in [0.05, 0.1) is 17.0 Å². The lowest BCUT2D eigenvalue weighted by Crippen LogP contribution is -2.51. The number of halogens is 1. The van der Waals surface area contributed by atoms with Crippen LogP contribution in [0.5, 0.6) is 0 Å². The van der Waals surface area contributed by atoms with Crippen molar-refractivity contribution >= 4 is 5.97 Å². The zero-order chi connectivity index (χ0) is 15.7. The first-order valence-electron chi connectivity index (χ1n) is 7.19. The summed E-state index contributed by atoms with van der Waals surface area (Å²) < 4.78 is 19.4. The fourth-order valence-electron chi connectivity index (χ4n) is 2.55. The molecule has 1 aromatic rings. The van der Waals surface area contributed by atoms with Crippen molar-refractivity contribution in [2.45, 2.75) is 38.8 Å². The maximum Gasteiger partial charge on any atom is 0.311 e. The molecule has 21 heavy (non-hydrogen) atoms. The molecule has 1 heterocycles. The van der Waals surface area contributed by atoms with E-state index in [1.807, 2.05) is 0 Å². The Morgan fingerprint density at radius 2 is 2.14 bits per heavy atom. The lowest BCUT2D eigenvalue weighted by Gasteiger charge is -2.32. The highest BCUT2D eigenvalue weighted by Gasteiger charge is 2.43. The van der Waals surface area contributed by atoms with Crippen LogP contribution in [-0.4, -0.2) is 25.2 Å². The molecule has 1 aliphatic heterocycles. The molecule has 0 saturated carbocycles. The van der Waals surface area contributed by atoms with Crippen LogP contribution in [0.25, 0.3) is 0 Å². The fourth-order valence-corrected chi connectivity index (χ4v) is 2.55. The topological polar surface area (TPSA) is 64.3 Å². The third kappa shape index (κ3) is 3.24. The van der Waals surface area contributed by atoms with Crippen LogP contribution in [0.2, 0.25) is 0 Å². The normalized spacial score (nSPS) is 25.9. The van der Waals surface area contributed by atoms with Crippen molar-refractivity contribution in [1.82, 2.24) is 5.32 Å². The minimum absolute atomic E-state index is 0.140. The molecule has 5 heteroatoms. The van der Waals surface area contributed by atoms with E-state index in [0.717, 1.165) is 0 Å². The first kappa shape index (κ1) is 15.9. The number of benzene rings is 1. The molecule has 3 N–H and O–H groups in total. The van der Waals surface area contributed by atoms with E-state index in [0.29, 0.717) is 18.5 Å². The van der Waals surface area contributed by atoms with Crippen LogP contribution in [0.1, 0.15) is 32.8 Å². The van der Waals surface area contributed by atoms with E-state index in [1.54, 1.807) is 39.0 Å². The average molecular weight is 294 g/mol. The lowest BCUT2D eigenvalue weighted by molar-refractivity contribution is -0.154. The number of ether oxygens (including phenoxy) is 1. The smallest absolute Gasteiger partial charge is 0.311 e. The van der Waals surface area contributed by atoms with Crippen LogP contribution in [0.15, 0.2) is 24.3 Å². The molecule has 2 atom stereocenters. The van der Waals surface area contributed by atoms with E-state index in [-0.39, 0.29) is 24.4 Å². The number of rotatable bonds is 3. The van der Waals surface area contributed by atoms with Gasteiger partial charge < -0.3 is 15.8 Å². The summed E-state index contributed by atoms with van der Waals surface area (Å²) in [7, 11) is 0. The number of nitrogens with two attached hydrogens (primary N) is 1. The molecule has 1 aromatic carbocycles. The van der Waals surface area contributed by atoms with Gasteiger partial charge in [0.25, 0.3) is 0 Å². The zero-order valence-electron chi connectivity index (χ0n) is 12.8. The molecule has 116 valence electrons. The first-order chi connectivity index (χ1) is 9.75. The maximum absolute atomic E-state index is 14.0. The second kappa shape index (κ2) is 5.73. The molecule has 0 spiro atoms. The second-order valence-electron chi connectivity index (χ2n) is 6.63. The van der Waals surface area contributed by atoms with Gasteiger partial charge in [-0.05, 0) is 39.8 Å². The number of hydrogen-bond acceptors (Lipinski definition) is 4. The van der Waals surface area contributed by atoms with E-state index in [9.17, 15) is 9.18 Å². The van der Waals surface area contributed by atoms with Crippen LogP contribution in [0, 0.1) is 11.2 Å². The average Bonchev–Trinajstić information content (AvgIpc) is 2.77. The quantitative estimate of drug-likeness (QED) is 0.836. The number of esters is 1. The van der Waals surface area contributed by atoms with Crippen LogP contribution in [-0.2, 0) is 15.1 Å². The van der Waals surface area contributed by atoms with Gasteiger partial charge in [-0.2, -0.15) is 0 Å². The SMILES string of the molecule is CC(C)(C)C(=O)OCC1NCCC1(N)c1ccccc1F. The Kier molecular flexibility index (Phi) is 4.35. The molecule has 0 aliphatic carbocycles. The van der Waals surface area contributed by atoms with Gasteiger partial charge in [-0.3, -0.25) is 4.79 Å². The van der Waals surface area contributed by atoms with Crippen molar-refractivity contribution in [3.63, 3.8) is 0 Å². The van der Waals surface area contributed by atoms with Crippen LogP contribution < -0.4 is 11.1 Å². The molecule has 2 unspecified atom stereocenters. The second-order valence-corrected chi connectivity index (χ2v) is 6.63. The molecule has 0 aromatic heterocycles. The molecule has 0 bridgehead atoms. The standard InChI is InChI=1S/C16H23FN2O2/c1-15(2,3)14(20)21-10-13-16(18,8-9-19-13)11-6-4-5-7-12(11)17/h4-7,13,19H,8-10,18H2,1-3H3. The van der Waals surface area contributed by atoms with Crippen LogP contribution >= 0.6 is 0 Å². The summed E-state index contributed by atoms with van der Waals surface area (Å²) in [6, 6.07) is 6.21. The minimum atomic E-state index is -0.858. The molecular formula is C16H23FN2O2. The van der Waals surface area contributed by atoms with Gasteiger partial charge in [-0.15, -0.1) is 0 Å². The highest BCUT2D eigenvalue weighted by molar-refractivity contribution is 5.75. The van der Waals surface area contributed by atoms with E-state index in [4.69, 9.17) is 10.5 Å². The Labute approximate surface area is 124 Å². The highest BCUT2D eigenvalue weighted by atomic mass is 19.1. The molecule has 1 fully saturated rings. The third-order valence-electron chi connectivity index (χ3n) is 3.92. The number of carbonyl (C=O) groups is 1. The summed E-state index contributed by atoms with van der Waals surface area (Å²) in [6.45, 7) is 6.20. The van der Waals surface area contributed by atoms with Gasteiger partial charge in [0.2, 0.25) is 0 Å². The van der Waals surface area contributed by atoms with Crippen LogP contribution in [0.4, 0.5) is 4.39 Å².